The Kier molecular flexibility index (Phi) is 5.35. The molecule has 1 amide bonds. The van der Waals surface area contributed by atoms with Crippen molar-refractivity contribution in [3.63, 3.8) is 0 Å². The van der Waals surface area contributed by atoms with Crippen molar-refractivity contribution in [2.24, 2.45) is 0 Å². The summed E-state index contributed by atoms with van der Waals surface area (Å²) in [5.41, 5.74) is 3.29. The second-order valence-electron chi connectivity index (χ2n) is 5.43. The third kappa shape index (κ3) is 4.60. The Morgan fingerprint density at radius 2 is 1.92 bits per heavy atom. The number of pyridine rings is 1. The molecule has 2 aromatic heterocycles. The van der Waals surface area contributed by atoms with Gasteiger partial charge in [-0.15, -0.1) is 0 Å². The Balaban J connectivity index is 1.69. The van der Waals surface area contributed by atoms with Gasteiger partial charge in [0.15, 0.2) is 0 Å². The van der Waals surface area contributed by atoms with Gasteiger partial charge >= 0.3 is 0 Å². The summed E-state index contributed by atoms with van der Waals surface area (Å²) in [5, 5.41) is 6.01. The number of hydrogen-bond acceptors (Lipinski definition) is 5. The second-order valence-corrected chi connectivity index (χ2v) is 6.29. The zero-order valence-corrected chi connectivity index (χ0v) is 15.1. The highest BCUT2D eigenvalue weighted by molar-refractivity contribution is 9.10. The van der Waals surface area contributed by atoms with Gasteiger partial charge in [0, 0.05) is 29.5 Å². The van der Waals surface area contributed by atoms with E-state index >= 15 is 0 Å². The molecule has 2 heterocycles. The Hall–Kier alpha value is -2.80. The summed E-state index contributed by atoms with van der Waals surface area (Å²) in [6, 6.07) is 11.3. The van der Waals surface area contributed by atoms with Crippen LogP contribution in [0, 0.1) is 6.92 Å². The highest BCUT2D eigenvalue weighted by Gasteiger charge is 2.09. The van der Waals surface area contributed by atoms with E-state index in [1.54, 1.807) is 18.5 Å². The van der Waals surface area contributed by atoms with E-state index < -0.39 is 0 Å². The molecule has 0 aliphatic rings. The van der Waals surface area contributed by atoms with Gasteiger partial charge in [0.05, 0.1) is 5.69 Å². The SMILES string of the molecule is Cc1ccc(Nc2cc(C(=O)NCc3ccncc3)ncn2)c(Br)c1. The molecule has 7 heteroatoms. The molecule has 0 atom stereocenters. The van der Waals surface area contributed by atoms with Crippen LogP contribution in [-0.2, 0) is 6.54 Å². The van der Waals surface area contributed by atoms with Crippen molar-refractivity contribution in [3.05, 3.63) is 76.4 Å². The number of anilines is 2. The predicted molar refractivity (Wildman–Crippen MR) is 99.6 cm³/mol. The number of nitrogens with one attached hydrogen (secondary N) is 2. The first-order valence-corrected chi connectivity index (χ1v) is 8.43. The molecule has 0 fully saturated rings. The van der Waals surface area contributed by atoms with Crippen LogP contribution in [0.1, 0.15) is 21.6 Å². The number of aryl methyl sites for hydroxylation is 1. The summed E-state index contributed by atoms with van der Waals surface area (Å²) >= 11 is 3.51. The lowest BCUT2D eigenvalue weighted by Gasteiger charge is -2.09. The normalized spacial score (nSPS) is 10.3. The minimum atomic E-state index is -0.259. The average Bonchev–Trinajstić information content (AvgIpc) is 2.63. The molecule has 0 spiro atoms. The summed E-state index contributed by atoms with van der Waals surface area (Å²) < 4.78 is 0.926. The summed E-state index contributed by atoms with van der Waals surface area (Å²) in [6.07, 6.45) is 4.74. The Bertz CT molecular complexity index is 886. The van der Waals surface area contributed by atoms with Crippen molar-refractivity contribution in [1.29, 1.82) is 0 Å². The minimum absolute atomic E-state index is 0.259. The van der Waals surface area contributed by atoms with Gasteiger partial charge in [-0.25, -0.2) is 9.97 Å². The zero-order valence-electron chi connectivity index (χ0n) is 13.5. The fraction of sp³-hybridized carbons (Fsp3) is 0.111. The number of carbonyl (C=O) groups excluding carboxylic acids is 1. The van der Waals surface area contributed by atoms with Gasteiger partial charge in [0.25, 0.3) is 5.91 Å². The number of rotatable bonds is 5. The van der Waals surface area contributed by atoms with Crippen LogP contribution in [0.15, 0.2) is 59.6 Å². The quantitative estimate of drug-likeness (QED) is 0.687. The number of amides is 1. The molecule has 0 aliphatic carbocycles. The molecule has 1 aromatic carbocycles. The second kappa shape index (κ2) is 7.85. The van der Waals surface area contributed by atoms with E-state index in [0.717, 1.165) is 21.3 Å². The third-order valence-electron chi connectivity index (χ3n) is 3.49. The standard InChI is InChI=1S/C18H16BrN5O/c1-12-2-3-15(14(19)8-12)24-17-9-16(22-11-23-17)18(25)21-10-13-4-6-20-7-5-13/h2-9,11H,10H2,1H3,(H,21,25)(H,22,23,24). The predicted octanol–water partition coefficient (Wildman–Crippen LogP) is 3.62. The van der Waals surface area contributed by atoms with Gasteiger partial charge in [-0.2, -0.15) is 0 Å². The van der Waals surface area contributed by atoms with E-state index in [1.807, 2.05) is 37.3 Å². The average molecular weight is 398 g/mol. The van der Waals surface area contributed by atoms with Crippen LogP contribution in [-0.4, -0.2) is 20.9 Å². The van der Waals surface area contributed by atoms with Crippen LogP contribution >= 0.6 is 15.9 Å². The number of nitrogens with zero attached hydrogens (tertiary/aromatic N) is 3. The van der Waals surface area contributed by atoms with E-state index in [2.05, 4.69) is 41.5 Å². The molecule has 0 bridgehead atoms. The summed E-state index contributed by atoms with van der Waals surface area (Å²) in [4.78, 5) is 24.4. The van der Waals surface area contributed by atoms with E-state index in [-0.39, 0.29) is 5.91 Å². The first-order valence-electron chi connectivity index (χ1n) is 7.64. The Morgan fingerprint density at radius 1 is 1.12 bits per heavy atom. The maximum absolute atomic E-state index is 12.3. The van der Waals surface area contributed by atoms with Gasteiger partial charge in [0.2, 0.25) is 0 Å². The third-order valence-corrected chi connectivity index (χ3v) is 4.15. The monoisotopic (exact) mass is 397 g/mol. The van der Waals surface area contributed by atoms with Crippen LogP contribution < -0.4 is 10.6 Å². The molecule has 3 rings (SSSR count). The van der Waals surface area contributed by atoms with Gasteiger partial charge in [-0.05, 0) is 58.2 Å². The van der Waals surface area contributed by atoms with Crippen molar-refractivity contribution in [3.8, 4) is 0 Å². The highest BCUT2D eigenvalue weighted by atomic mass is 79.9. The Morgan fingerprint density at radius 3 is 2.68 bits per heavy atom. The van der Waals surface area contributed by atoms with Crippen LogP contribution in [0.3, 0.4) is 0 Å². The van der Waals surface area contributed by atoms with E-state index in [0.29, 0.717) is 18.1 Å². The largest absolute Gasteiger partial charge is 0.347 e. The zero-order chi connectivity index (χ0) is 17.6. The molecule has 0 saturated carbocycles. The molecule has 25 heavy (non-hydrogen) atoms. The molecule has 0 unspecified atom stereocenters. The molecule has 0 radical (unpaired) electrons. The van der Waals surface area contributed by atoms with Crippen molar-refractivity contribution < 1.29 is 4.79 Å². The number of carbonyl (C=O) groups is 1. The molecule has 0 saturated heterocycles. The highest BCUT2D eigenvalue weighted by Crippen LogP contribution is 2.26. The summed E-state index contributed by atoms with van der Waals surface area (Å²) in [6.45, 7) is 2.43. The summed E-state index contributed by atoms with van der Waals surface area (Å²) in [5.74, 6) is 0.291. The molecular formula is C18H16BrN5O. The number of benzene rings is 1. The molecule has 6 nitrogen and oxygen atoms in total. The number of hydrogen-bond donors (Lipinski definition) is 2. The topological polar surface area (TPSA) is 79.8 Å². The molecule has 2 N–H and O–H groups in total. The molecule has 0 aliphatic heterocycles. The lowest BCUT2D eigenvalue weighted by molar-refractivity contribution is 0.0946. The number of halogens is 1. The first kappa shape index (κ1) is 17.0. The van der Waals surface area contributed by atoms with Crippen molar-refractivity contribution in [2.75, 3.05) is 5.32 Å². The van der Waals surface area contributed by atoms with Crippen LogP contribution in [0.5, 0.6) is 0 Å². The fourth-order valence-corrected chi connectivity index (χ4v) is 2.78. The van der Waals surface area contributed by atoms with Crippen LogP contribution in [0.4, 0.5) is 11.5 Å². The maximum atomic E-state index is 12.3. The van der Waals surface area contributed by atoms with Crippen molar-refractivity contribution >= 4 is 33.3 Å². The van der Waals surface area contributed by atoms with Crippen LogP contribution in [0.2, 0.25) is 0 Å². The molecule has 126 valence electrons. The van der Waals surface area contributed by atoms with Gasteiger partial charge in [0.1, 0.15) is 17.8 Å². The van der Waals surface area contributed by atoms with Crippen LogP contribution in [0.25, 0.3) is 0 Å². The molecule has 3 aromatic rings. The van der Waals surface area contributed by atoms with Gasteiger partial charge < -0.3 is 10.6 Å². The lowest BCUT2D eigenvalue weighted by Crippen LogP contribution is -2.24. The Labute approximate surface area is 153 Å². The van der Waals surface area contributed by atoms with Gasteiger partial charge in [-0.3, -0.25) is 9.78 Å². The van der Waals surface area contributed by atoms with E-state index in [1.165, 1.54) is 6.33 Å². The maximum Gasteiger partial charge on any atom is 0.270 e. The first-order chi connectivity index (χ1) is 12.1. The number of aromatic nitrogens is 3. The molecular weight excluding hydrogens is 382 g/mol. The minimum Gasteiger partial charge on any atom is -0.347 e. The van der Waals surface area contributed by atoms with Crippen molar-refractivity contribution in [1.82, 2.24) is 20.3 Å². The van der Waals surface area contributed by atoms with E-state index in [9.17, 15) is 4.79 Å². The lowest BCUT2D eigenvalue weighted by atomic mass is 10.2. The van der Waals surface area contributed by atoms with Crippen molar-refractivity contribution in [2.45, 2.75) is 13.5 Å². The van der Waals surface area contributed by atoms with Gasteiger partial charge in [-0.1, -0.05) is 6.07 Å². The van der Waals surface area contributed by atoms with E-state index in [4.69, 9.17) is 0 Å². The summed E-state index contributed by atoms with van der Waals surface area (Å²) in [7, 11) is 0. The smallest absolute Gasteiger partial charge is 0.270 e. The fourth-order valence-electron chi connectivity index (χ4n) is 2.18.